The fourth-order valence-corrected chi connectivity index (χ4v) is 4.69. The van der Waals surface area contributed by atoms with Gasteiger partial charge >= 0.3 is 0 Å². The average molecular weight is 388 g/mol. The van der Waals surface area contributed by atoms with Crippen molar-refractivity contribution in [3.63, 3.8) is 0 Å². The minimum absolute atomic E-state index is 0.0177. The van der Waals surface area contributed by atoms with Gasteiger partial charge in [-0.05, 0) is 37.0 Å². The maximum Gasteiger partial charge on any atom is 0.270 e. The predicted molar refractivity (Wildman–Crippen MR) is 105 cm³/mol. The number of hydrogen-bond donors (Lipinski definition) is 2. The van der Waals surface area contributed by atoms with Crippen molar-refractivity contribution in [2.24, 2.45) is 0 Å². The summed E-state index contributed by atoms with van der Waals surface area (Å²) in [5.41, 5.74) is 2.32. The molecule has 1 aromatic carbocycles. The average Bonchev–Trinajstić information content (AvgIpc) is 2.93. The Bertz CT molecular complexity index is 940. The van der Waals surface area contributed by atoms with Crippen LogP contribution in [0.15, 0.2) is 30.3 Å². The number of nitrogens with zero attached hydrogens (tertiary/aromatic N) is 2. The van der Waals surface area contributed by atoms with Gasteiger partial charge in [-0.25, -0.2) is 18.4 Å². The second-order valence-electron chi connectivity index (χ2n) is 7.16. The predicted octanol–water partition coefficient (Wildman–Crippen LogP) is 2.57. The normalized spacial score (nSPS) is 18.4. The number of nitrogens with one attached hydrogen (secondary N) is 2. The van der Waals surface area contributed by atoms with Crippen LogP contribution in [0.3, 0.4) is 0 Å². The van der Waals surface area contributed by atoms with Gasteiger partial charge in [0, 0.05) is 17.8 Å². The van der Waals surface area contributed by atoms with Crippen LogP contribution in [0.5, 0.6) is 0 Å². The number of rotatable bonds is 5. The first kappa shape index (κ1) is 19.3. The van der Waals surface area contributed by atoms with Crippen LogP contribution < -0.4 is 10.6 Å². The molecule has 1 aromatic heterocycles. The lowest BCUT2D eigenvalue weighted by Gasteiger charge is -2.12. The number of aromatic nitrogens is 2. The lowest BCUT2D eigenvalue weighted by atomic mass is 10.0. The summed E-state index contributed by atoms with van der Waals surface area (Å²) in [5.74, 6) is 1.14. The topological polar surface area (TPSA) is 101 Å². The Morgan fingerprint density at radius 3 is 2.48 bits per heavy atom. The van der Waals surface area contributed by atoms with Crippen molar-refractivity contribution >= 4 is 27.2 Å². The zero-order chi connectivity index (χ0) is 19.6. The van der Waals surface area contributed by atoms with E-state index in [0.29, 0.717) is 24.0 Å². The molecule has 0 radical (unpaired) electrons. The van der Waals surface area contributed by atoms with Crippen LogP contribution in [-0.2, 0) is 9.84 Å². The van der Waals surface area contributed by atoms with Crippen molar-refractivity contribution in [3.05, 3.63) is 47.4 Å². The standard InChI is InChI=1S/C19H24N4O3S/c1-12(2)14-4-6-15(7-5-14)22-18-10-17(20-13(3)21-18)19(24)23-16-8-9-27(25,26)11-16/h4-7,10,12,16H,8-9,11H2,1-3H3,(H,23,24)(H,20,21,22). The first-order chi connectivity index (χ1) is 12.7. The number of anilines is 2. The molecular formula is C19H24N4O3S. The molecule has 27 heavy (non-hydrogen) atoms. The molecule has 2 N–H and O–H groups in total. The first-order valence-electron chi connectivity index (χ1n) is 8.96. The van der Waals surface area contributed by atoms with Crippen molar-refractivity contribution in [3.8, 4) is 0 Å². The van der Waals surface area contributed by atoms with E-state index in [1.54, 1.807) is 13.0 Å². The van der Waals surface area contributed by atoms with E-state index in [1.165, 1.54) is 5.56 Å². The van der Waals surface area contributed by atoms with Crippen molar-refractivity contribution in [1.29, 1.82) is 0 Å². The summed E-state index contributed by atoms with van der Waals surface area (Å²) < 4.78 is 23.1. The van der Waals surface area contributed by atoms with Gasteiger partial charge in [-0.2, -0.15) is 0 Å². The molecule has 1 amide bonds. The molecule has 2 aromatic rings. The SMILES string of the molecule is Cc1nc(Nc2ccc(C(C)C)cc2)cc(C(=O)NC2CCS(=O)(=O)C2)n1. The zero-order valence-electron chi connectivity index (χ0n) is 15.7. The van der Waals surface area contributed by atoms with Crippen LogP contribution in [0.4, 0.5) is 11.5 Å². The number of aryl methyl sites for hydroxylation is 1. The molecule has 1 unspecified atom stereocenters. The second-order valence-corrected chi connectivity index (χ2v) is 9.39. The Kier molecular flexibility index (Phi) is 5.46. The second kappa shape index (κ2) is 7.64. The maximum atomic E-state index is 12.5. The fraction of sp³-hybridized carbons (Fsp3) is 0.421. The number of amides is 1. The smallest absolute Gasteiger partial charge is 0.270 e. The minimum atomic E-state index is -3.05. The molecule has 0 aliphatic carbocycles. The molecule has 8 heteroatoms. The van der Waals surface area contributed by atoms with E-state index in [-0.39, 0.29) is 29.1 Å². The molecule has 7 nitrogen and oxygen atoms in total. The number of carbonyl (C=O) groups is 1. The first-order valence-corrected chi connectivity index (χ1v) is 10.8. The quantitative estimate of drug-likeness (QED) is 0.816. The van der Waals surface area contributed by atoms with Crippen LogP contribution in [0.1, 0.15) is 48.1 Å². The van der Waals surface area contributed by atoms with E-state index in [9.17, 15) is 13.2 Å². The van der Waals surface area contributed by atoms with E-state index in [2.05, 4.69) is 46.6 Å². The Balaban J connectivity index is 1.73. The van der Waals surface area contributed by atoms with Gasteiger partial charge in [0.2, 0.25) is 0 Å². The molecule has 2 heterocycles. The Hall–Kier alpha value is -2.48. The van der Waals surface area contributed by atoms with E-state index < -0.39 is 9.84 Å². The number of hydrogen-bond acceptors (Lipinski definition) is 6. The zero-order valence-corrected chi connectivity index (χ0v) is 16.5. The van der Waals surface area contributed by atoms with E-state index in [1.807, 2.05) is 12.1 Å². The van der Waals surface area contributed by atoms with E-state index >= 15 is 0 Å². The third-order valence-corrected chi connectivity index (χ3v) is 6.26. The largest absolute Gasteiger partial charge is 0.347 e. The molecular weight excluding hydrogens is 364 g/mol. The third-order valence-electron chi connectivity index (χ3n) is 4.49. The summed E-state index contributed by atoms with van der Waals surface area (Å²) in [4.78, 5) is 21.0. The van der Waals surface area contributed by atoms with Crippen LogP contribution in [0, 0.1) is 6.92 Å². The van der Waals surface area contributed by atoms with Crippen LogP contribution >= 0.6 is 0 Å². The molecule has 1 atom stereocenters. The molecule has 0 spiro atoms. The van der Waals surface area contributed by atoms with Gasteiger partial charge in [0.1, 0.15) is 17.3 Å². The van der Waals surface area contributed by atoms with Gasteiger partial charge in [-0.15, -0.1) is 0 Å². The molecule has 0 bridgehead atoms. The molecule has 3 rings (SSSR count). The summed E-state index contributed by atoms with van der Waals surface area (Å²) in [6, 6.07) is 9.25. The van der Waals surface area contributed by atoms with Gasteiger partial charge in [0.05, 0.1) is 11.5 Å². The molecule has 0 saturated carbocycles. The highest BCUT2D eigenvalue weighted by Gasteiger charge is 2.29. The highest BCUT2D eigenvalue weighted by atomic mass is 32.2. The van der Waals surface area contributed by atoms with Gasteiger partial charge in [-0.3, -0.25) is 4.79 Å². The van der Waals surface area contributed by atoms with Gasteiger partial charge in [0.15, 0.2) is 9.84 Å². The highest BCUT2D eigenvalue weighted by Crippen LogP contribution is 2.20. The molecule has 1 saturated heterocycles. The van der Waals surface area contributed by atoms with Crippen molar-refractivity contribution in [2.75, 3.05) is 16.8 Å². The fourth-order valence-electron chi connectivity index (χ4n) is 3.02. The maximum absolute atomic E-state index is 12.5. The molecule has 1 fully saturated rings. The van der Waals surface area contributed by atoms with Gasteiger partial charge in [0.25, 0.3) is 5.91 Å². The lowest BCUT2D eigenvalue weighted by Crippen LogP contribution is -2.36. The Labute approximate surface area is 159 Å². The third kappa shape index (κ3) is 5.03. The monoisotopic (exact) mass is 388 g/mol. The van der Waals surface area contributed by atoms with E-state index in [4.69, 9.17) is 0 Å². The number of benzene rings is 1. The number of sulfone groups is 1. The van der Waals surface area contributed by atoms with Gasteiger partial charge in [-0.1, -0.05) is 26.0 Å². The van der Waals surface area contributed by atoms with Crippen molar-refractivity contribution in [2.45, 2.75) is 39.2 Å². The minimum Gasteiger partial charge on any atom is -0.347 e. The summed E-state index contributed by atoms with van der Waals surface area (Å²) in [7, 11) is -3.05. The van der Waals surface area contributed by atoms with Crippen LogP contribution in [-0.4, -0.2) is 41.8 Å². The van der Waals surface area contributed by atoms with Crippen molar-refractivity contribution in [1.82, 2.24) is 15.3 Å². The van der Waals surface area contributed by atoms with Gasteiger partial charge < -0.3 is 10.6 Å². The van der Waals surface area contributed by atoms with Crippen LogP contribution in [0.2, 0.25) is 0 Å². The molecule has 1 aliphatic rings. The highest BCUT2D eigenvalue weighted by molar-refractivity contribution is 7.91. The summed E-state index contributed by atoms with van der Waals surface area (Å²) in [5, 5.41) is 5.94. The Morgan fingerprint density at radius 1 is 1.19 bits per heavy atom. The number of carbonyl (C=O) groups excluding carboxylic acids is 1. The molecule has 1 aliphatic heterocycles. The summed E-state index contributed by atoms with van der Waals surface area (Å²) >= 11 is 0. The summed E-state index contributed by atoms with van der Waals surface area (Å²) in [6.07, 6.45) is 0.436. The summed E-state index contributed by atoms with van der Waals surface area (Å²) in [6.45, 7) is 5.98. The van der Waals surface area contributed by atoms with Crippen LogP contribution in [0.25, 0.3) is 0 Å². The van der Waals surface area contributed by atoms with Crippen molar-refractivity contribution < 1.29 is 13.2 Å². The van der Waals surface area contributed by atoms with E-state index in [0.717, 1.165) is 5.69 Å². The molecule has 144 valence electrons. The Morgan fingerprint density at radius 2 is 1.89 bits per heavy atom. The lowest BCUT2D eigenvalue weighted by molar-refractivity contribution is 0.0935.